The SMILES string of the molecule is O=C(COc1nc(Cc2ccc(F)cc2)no1)NCc1ccco1. The molecular weight excluding hydrogens is 317 g/mol. The number of ether oxygens (including phenoxy) is 1. The molecule has 0 aliphatic heterocycles. The summed E-state index contributed by atoms with van der Waals surface area (Å²) in [4.78, 5) is 15.7. The molecule has 3 rings (SSSR count). The number of halogens is 1. The highest BCUT2D eigenvalue weighted by atomic mass is 19.1. The summed E-state index contributed by atoms with van der Waals surface area (Å²) in [6.07, 6.45) is 1.80. The summed E-state index contributed by atoms with van der Waals surface area (Å²) in [7, 11) is 0. The number of hydrogen-bond acceptors (Lipinski definition) is 6. The predicted molar refractivity (Wildman–Crippen MR) is 79.6 cm³/mol. The van der Waals surface area contributed by atoms with Crippen molar-refractivity contribution in [1.29, 1.82) is 0 Å². The van der Waals surface area contributed by atoms with E-state index in [2.05, 4.69) is 15.5 Å². The van der Waals surface area contributed by atoms with E-state index in [4.69, 9.17) is 13.7 Å². The zero-order valence-electron chi connectivity index (χ0n) is 12.6. The van der Waals surface area contributed by atoms with E-state index >= 15 is 0 Å². The maximum atomic E-state index is 12.8. The first-order valence-corrected chi connectivity index (χ1v) is 7.18. The van der Waals surface area contributed by atoms with E-state index in [9.17, 15) is 9.18 Å². The van der Waals surface area contributed by atoms with Crippen molar-refractivity contribution in [3.05, 3.63) is 65.6 Å². The van der Waals surface area contributed by atoms with E-state index in [-0.39, 0.29) is 31.0 Å². The summed E-state index contributed by atoms with van der Waals surface area (Å²) < 4.78 is 28.0. The van der Waals surface area contributed by atoms with Crippen LogP contribution in [0.2, 0.25) is 0 Å². The smallest absolute Gasteiger partial charge is 0.417 e. The molecule has 8 heteroatoms. The average molecular weight is 331 g/mol. The Bertz CT molecular complexity index is 784. The van der Waals surface area contributed by atoms with Crippen LogP contribution in [-0.2, 0) is 17.8 Å². The molecule has 0 unspecified atom stereocenters. The van der Waals surface area contributed by atoms with Crippen LogP contribution in [0, 0.1) is 5.82 Å². The highest BCUT2D eigenvalue weighted by Crippen LogP contribution is 2.11. The van der Waals surface area contributed by atoms with E-state index in [0.29, 0.717) is 18.0 Å². The first-order chi connectivity index (χ1) is 11.7. The highest BCUT2D eigenvalue weighted by molar-refractivity contribution is 5.77. The van der Waals surface area contributed by atoms with Crippen molar-refractivity contribution in [2.45, 2.75) is 13.0 Å². The van der Waals surface area contributed by atoms with Gasteiger partial charge in [-0.1, -0.05) is 17.3 Å². The molecule has 0 fully saturated rings. The first kappa shape index (κ1) is 15.7. The maximum absolute atomic E-state index is 12.8. The summed E-state index contributed by atoms with van der Waals surface area (Å²) in [6.45, 7) is 0.0216. The van der Waals surface area contributed by atoms with Crippen LogP contribution in [0.25, 0.3) is 0 Å². The third-order valence-electron chi connectivity index (χ3n) is 3.09. The minimum absolute atomic E-state index is 0.0970. The van der Waals surface area contributed by atoms with Gasteiger partial charge in [-0.05, 0) is 29.8 Å². The van der Waals surface area contributed by atoms with Crippen molar-refractivity contribution in [2.24, 2.45) is 0 Å². The molecule has 2 aromatic heterocycles. The summed E-state index contributed by atoms with van der Waals surface area (Å²) in [5, 5.41) is 6.37. The van der Waals surface area contributed by atoms with Gasteiger partial charge in [0.25, 0.3) is 5.91 Å². The van der Waals surface area contributed by atoms with Crippen molar-refractivity contribution < 1.29 is 22.9 Å². The minimum atomic E-state index is -0.343. The van der Waals surface area contributed by atoms with Gasteiger partial charge < -0.3 is 14.5 Å². The number of aromatic nitrogens is 2. The van der Waals surface area contributed by atoms with E-state index in [1.807, 2.05) is 0 Å². The predicted octanol–water partition coefficient (Wildman–Crippen LogP) is 2.09. The standard InChI is InChI=1S/C16H14FN3O4/c17-12-5-3-11(4-6-12)8-14-19-16(24-20-14)23-10-15(21)18-9-13-2-1-7-22-13/h1-7H,8-10H2,(H,18,21). The van der Waals surface area contributed by atoms with Gasteiger partial charge >= 0.3 is 6.08 Å². The highest BCUT2D eigenvalue weighted by Gasteiger charge is 2.11. The molecule has 1 N–H and O–H groups in total. The molecule has 2 heterocycles. The number of furan rings is 1. The summed E-state index contributed by atoms with van der Waals surface area (Å²) in [6, 6.07) is 9.47. The number of amides is 1. The molecule has 1 amide bonds. The van der Waals surface area contributed by atoms with Gasteiger partial charge in [0.15, 0.2) is 12.4 Å². The molecular formula is C16H14FN3O4. The Morgan fingerprint density at radius 3 is 2.83 bits per heavy atom. The molecule has 124 valence electrons. The average Bonchev–Trinajstić information content (AvgIpc) is 3.25. The molecule has 1 aromatic carbocycles. The van der Waals surface area contributed by atoms with Gasteiger partial charge in [0.05, 0.1) is 12.8 Å². The first-order valence-electron chi connectivity index (χ1n) is 7.18. The number of hydrogen-bond donors (Lipinski definition) is 1. The lowest BCUT2D eigenvalue weighted by Crippen LogP contribution is -2.28. The molecule has 3 aromatic rings. The van der Waals surface area contributed by atoms with Crippen LogP contribution in [-0.4, -0.2) is 22.7 Å². The molecule has 24 heavy (non-hydrogen) atoms. The summed E-state index contributed by atoms with van der Waals surface area (Å²) in [5.74, 6) is 0.372. The molecule has 0 saturated heterocycles. The van der Waals surface area contributed by atoms with Crippen LogP contribution in [0.1, 0.15) is 17.1 Å². The second-order valence-electron chi connectivity index (χ2n) is 4.92. The fourth-order valence-corrected chi connectivity index (χ4v) is 1.93. The lowest BCUT2D eigenvalue weighted by Gasteiger charge is -2.02. The summed E-state index contributed by atoms with van der Waals surface area (Å²) >= 11 is 0. The lowest BCUT2D eigenvalue weighted by atomic mass is 10.1. The molecule has 0 saturated carbocycles. The summed E-state index contributed by atoms with van der Waals surface area (Å²) in [5.41, 5.74) is 0.833. The van der Waals surface area contributed by atoms with E-state index in [0.717, 1.165) is 5.56 Å². The Hall–Kier alpha value is -3.16. The number of benzene rings is 1. The third kappa shape index (κ3) is 4.42. The molecule has 0 aliphatic carbocycles. The third-order valence-corrected chi connectivity index (χ3v) is 3.09. The van der Waals surface area contributed by atoms with E-state index in [1.54, 1.807) is 24.3 Å². The largest absolute Gasteiger partial charge is 0.467 e. The Morgan fingerprint density at radius 1 is 1.25 bits per heavy atom. The van der Waals surface area contributed by atoms with Gasteiger partial charge in [-0.25, -0.2) is 4.39 Å². The quantitative estimate of drug-likeness (QED) is 0.713. The van der Waals surface area contributed by atoms with Crippen LogP contribution >= 0.6 is 0 Å². The fourth-order valence-electron chi connectivity index (χ4n) is 1.93. The molecule has 0 atom stereocenters. The van der Waals surface area contributed by atoms with Gasteiger partial charge in [0, 0.05) is 6.42 Å². The maximum Gasteiger partial charge on any atom is 0.417 e. The van der Waals surface area contributed by atoms with Gasteiger partial charge in [-0.15, -0.1) is 0 Å². The van der Waals surface area contributed by atoms with Crippen molar-refractivity contribution in [3.63, 3.8) is 0 Å². The zero-order valence-corrected chi connectivity index (χ0v) is 12.6. The lowest BCUT2D eigenvalue weighted by molar-refractivity contribution is -0.123. The Kier molecular flexibility index (Phi) is 4.85. The normalized spacial score (nSPS) is 10.5. The van der Waals surface area contributed by atoms with Gasteiger partial charge in [-0.2, -0.15) is 4.98 Å². The number of rotatable bonds is 7. The molecule has 0 bridgehead atoms. The van der Waals surface area contributed by atoms with Gasteiger partial charge in [-0.3, -0.25) is 9.32 Å². The van der Waals surface area contributed by atoms with E-state index < -0.39 is 0 Å². The Balaban J connectivity index is 1.45. The minimum Gasteiger partial charge on any atom is -0.467 e. The van der Waals surface area contributed by atoms with E-state index in [1.165, 1.54) is 18.4 Å². The van der Waals surface area contributed by atoms with Crippen LogP contribution in [0.15, 0.2) is 51.6 Å². The Labute approximate surface area is 136 Å². The van der Waals surface area contributed by atoms with Crippen LogP contribution < -0.4 is 10.1 Å². The van der Waals surface area contributed by atoms with Crippen molar-refractivity contribution in [1.82, 2.24) is 15.5 Å². The van der Waals surface area contributed by atoms with Crippen molar-refractivity contribution in [2.75, 3.05) is 6.61 Å². The molecule has 0 spiro atoms. The van der Waals surface area contributed by atoms with Crippen molar-refractivity contribution >= 4 is 5.91 Å². The molecule has 0 aliphatic rings. The second kappa shape index (κ2) is 7.40. The zero-order chi connectivity index (χ0) is 16.8. The van der Waals surface area contributed by atoms with Crippen LogP contribution in [0.3, 0.4) is 0 Å². The monoisotopic (exact) mass is 331 g/mol. The van der Waals surface area contributed by atoms with Gasteiger partial charge in [0.1, 0.15) is 11.6 Å². The van der Waals surface area contributed by atoms with Crippen LogP contribution in [0.5, 0.6) is 6.08 Å². The van der Waals surface area contributed by atoms with Gasteiger partial charge in [0.2, 0.25) is 0 Å². The number of nitrogens with zero attached hydrogens (tertiary/aromatic N) is 2. The molecule has 0 radical (unpaired) electrons. The topological polar surface area (TPSA) is 90.4 Å². The van der Waals surface area contributed by atoms with Crippen molar-refractivity contribution in [3.8, 4) is 6.08 Å². The number of carbonyl (C=O) groups is 1. The number of nitrogens with one attached hydrogen (secondary N) is 1. The number of carbonyl (C=O) groups excluding carboxylic acids is 1. The molecule has 7 nitrogen and oxygen atoms in total. The Morgan fingerprint density at radius 2 is 2.08 bits per heavy atom. The fraction of sp³-hybridized carbons (Fsp3) is 0.188. The second-order valence-corrected chi connectivity index (χ2v) is 4.92. The van der Waals surface area contributed by atoms with Crippen LogP contribution in [0.4, 0.5) is 4.39 Å².